The van der Waals surface area contributed by atoms with Crippen molar-refractivity contribution in [3.63, 3.8) is 0 Å². The molecule has 2 rings (SSSR count). The van der Waals surface area contributed by atoms with E-state index in [0.29, 0.717) is 0 Å². The molecule has 0 fully saturated rings. The van der Waals surface area contributed by atoms with Gasteiger partial charge in [-0.1, -0.05) is 15.9 Å². The third kappa shape index (κ3) is 3.57. The second kappa shape index (κ2) is 5.80. The maximum atomic E-state index is 13.4. The van der Waals surface area contributed by atoms with Gasteiger partial charge in [-0.3, -0.25) is 9.78 Å². The molecule has 1 heterocycles. The summed E-state index contributed by atoms with van der Waals surface area (Å²) in [4.78, 5) is 15.3. The number of pyridine rings is 1. The Bertz CT molecular complexity index is 688. The number of benzene rings is 1. The molecule has 21 heavy (non-hydrogen) atoms. The summed E-state index contributed by atoms with van der Waals surface area (Å²) in [6.07, 6.45) is -2.51. The molecule has 1 amide bonds. The van der Waals surface area contributed by atoms with Crippen LogP contribution in [0.5, 0.6) is 0 Å². The van der Waals surface area contributed by atoms with Crippen LogP contribution in [0, 0.1) is 5.82 Å². The Balaban J connectivity index is 2.29. The van der Waals surface area contributed by atoms with Crippen molar-refractivity contribution in [2.24, 2.45) is 0 Å². The number of carbonyl (C=O) groups excluding carboxylic acids is 1. The second-order valence-electron chi connectivity index (χ2n) is 4.00. The van der Waals surface area contributed by atoms with E-state index in [9.17, 15) is 22.4 Å². The zero-order valence-electron chi connectivity index (χ0n) is 10.2. The van der Waals surface area contributed by atoms with Crippen molar-refractivity contribution in [2.45, 2.75) is 6.18 Å². The molecular formula is C13H7BrF4N2O. The summed E-state index contributed by atoms with van der Waals surface area (Å²) in [5.41, 5.74) is -1.33. The van der Waals surface area contributed by atoms with Crippen LogP contribution >= 0.6 is 15.9 Å². The molecule has 0 aliphatic heterocycles. The lowest BCUT2D eigenvalue weighted by Crippen LogP contribution is -2.15. The lowest BCUT2D eigenvalue weighted by Gasteiger charge is -2.12. The lowest BCUT2D eigenvalue weighted by atomic mass is 10.2. The van der Waals surface area contributed by atoms with Crippen molar-refractivity contribution >= 4 is 27.5 Å². The first-order valence-corrected chi connectivity index (χ1v) is 6.36. The molecule has 110 valence electrons. The van der Waals surface area contributed by atoms with Crippen LogP contribution in [-0.4, -0.2) is 10.9 Å². The van der Waals surface area contributed by atoms with E-state index in [4.69, 9.17) is 0 Å². The molecule has 0 spiro atoms. The molecule has 0 saturated heterocycles. The Kier molecular flexibility index (Phi) is 4.26. The number of anilines is 1. The minimum absolute atomic E-state index is 0.0910. The summed E-state index contributed by atoms with van der Waals surface area (Å²) in [5.74, 6) is -1.71. The third-order valence-corrected chi connectivity index (χ3v) is 3.24. The molecule has 0 bridgehead atoms. The fourth-order valence-electron chi connectivity index (χ4n) is 1.58. The molecule has 2 aromatic rings. The number of nitrogens with one attached hydrogen (secondary N) is 1. The SMILES string of the molecule is O=C(Nc1ccc(Br)c(C(F)(F)F)c1)c1ccncc1F. The van der Waals surface area contributed by atoms with Gasteiger partial charge in [0.25, 0.3) is 5.91 Å². The Labute approximate surface area is 125 Å². The van der Waals surface area contributed by atoms with E-state index in [1.807, 2.05) is 0 Å². The number of nitrogens with zero attached hydrogens (tertiary/aromatic N) is 1. The van der Waals surface area contributed by atoms with E-state index in [1.54, 1.807) is 0 Å². The van der Waals surface area contributed by atoms with Crippen molar-refractivity contribution in [1.82, 2.24) is 4.98 Å². The topological polar surface area (TPSA) is 42.0 Å². The summed E-state index contributed by atoms with van der Waals surface area (Å²) in [6.45, 7) is 0. The highest BCUT2D eigenvalue weighted by Gasteiger charge is 2.33. The van der Waals surface area contributed by atoms with Crippen LogP contribution in [0.3, 0.4) is 0 Å². The van der Waals surface area contributed by atoms with Crippen molar-refractivity contribution in [3.05, 3.63) is 58.1 Å². The fraction of sp³-hybridized carbons (Fsp3) is 0.0769. The minimum atomic E-state index is -4.57. The summed E-state index contributed by atoms with van der Waals surface area (Å²) < 4.78 is 51.4. The van der Waals surface area contributed by atoms with Crippen LogP contribution in [0.25, 0.3) is 0 Å². The Hall–Kier alpha value is -1.96. The van der Waals surface area contributed by atoms with Crippen molar-refractivity contribution < 1.29 is 22.4 Å². The monoisotopic (exact) mass is 362 g/mol. The van der Waals surface area contributed by atoms with Crippen LogP contribution in [0.4, 0.5) is 23.2 Å². The van der Waals surface area contributed by atoms with Crippen molar-refractivity contribution in [1.29, 1.82) is 0 Å². The molecule has 0 radical (unpaired) electrons. The molecule has 3 nitrogen and oxygen atoms in total. The first kappa shape index (κ1) is 15.4. The van der Waals surface area contributed by atoms with E-state index in [2.05, 4.69) is 26.2 Å². The van der Waals surface area contributed by atoms with Crippen LogP contribution in [-0.2, 0) is 6.18 Å². The van der Waals surface area contributed by atoms with Crippen LogP contribution in [0.15, 0.2) is 41.1 Å². The Morgan fingerprint density at radius 2 is 1.95 bits per heavy atom. The molecule has 0 aliphatic rings. The van der Waals surface area contributed by atoms with Gasteiger partial charge in [-0.05, 0) is 24.3 Å². The standard InChI is InChI=1S/C13H7BrF4N2O/c14-10-2-1-7(5-9(10)13(16,17)18)20-12(21)8-3-4-19-6-11(8)15/h1-6H,(H,20,21). The molecule has 0 atom stereocenters. The van der Waals surface area contributed by atoms with Crippen LogP contribution in [0.1, 0.15) is 15.9 Å². The first-order chi connectivity index (χ1) is 9.79. The smallest absolute Gasteiger partial charge is 0.322 e. The Morgan fingerprint density at radius 3 is 2.57 bits per heavy atom. The number of rotatable bonds is 2. The van der Waals surface area contributed by atoms with Gasteiger partial charge < -0.3 is 5.32 Å². The van der Waals surface area contributed by atoms with Gasteiger partial charge in [0.1, 0.15) is 0 Å². The number of alkyl halides is 3. The largest absolute Gasteiger partial charge is 0.417 e. The zero-order chi connectivity index (χ0) is 15.6. The molecular weight excluding hydrogens is 356 g/mol. The average molecular weight is 363 g/mol. The first-order valence-electron chi connectivity index (χ1n) is 5.56. The number of carbonyl (C=O) groups is 1. The van der Waals surface area contributed by atoms with Crippen LogP contribution < -0.4 is 5.32 Å². The maximum absolute atomic E-state index is 13.4. The molecule has 1 N–H and O–H groups in total. The summed E-state index contributed by atoms with van der Waals surface area (Å²) in [5, 5.41) is 2.21. The number of hydrogen-bond acceptors (Lipinski definition) is 2. The van der Waals surface area contributed by atoms with E-state index >= 15 is 0 Å². The van der Waals surface area contributed by atoms with Crippen molar-refractivity contribution in [2.75, 3.05) is 5.32 Å². The minimum Gasteiger partial charge on any atom is -0.322 e. The molecule has 1 aromatic heterocycles. The van der Waals surface area contributed by atoms with Gasteiger partial charge in [0.15, 0.2) is 5.82 Å². The average Bonchev–Trinajstić information content (AvgIpc) is 2.40. The number of amides is 1. The van der Waals surface area contributed by atoms with E-state index in [-0.39, 0.29) is 15.7 Å². The summed E-state index contributed by atoms with van der Waals surface area (Å²) in [6, 6.07) is 4.33. The van der Waals surface area contributed by atoms with Gasteiger partial charge in [-0.2, -0.15) is 13.2 Å². The molecule has 0 aliphatic carbocycles. The highest BCUT2D eigenvalue weighted by molar-refractivity contribution is 9.10. The van der Waals surface area contributed by atoms with Gasteiger partial charge in [-0.15, -0.1) is 0 Å². The third-order valence-electron chi connectivity index (χ3n) is 2.55. The van der Waals surface area contributed by atoms with Gasteiger partial charge in [0.2, 0.25) is 0 Å². The number of hydrogen-bond donors (Lipinski definition) is 1. The van der Waals surface area contributed by atoms with Crippen molar-refractivity contribution in [3.8, 4) is 0 Å². The Morgan fingerprint density at radius 1 is 1.24 bits per heavy atom. The van der Waals surface area contributed by atoms with E-state index in [0.717, 1.165) is 24.4 Å². The summed E-state index contributed by atoms with van der Waals surface area (Å²) in [7, 11) is 0. The lowest BCUT2D eigenvalue weighted by molar-refractivity contribution is -0.138. The normalized spacial score (nSPS) is 11.3. The predicted octanol–water partition coefficient (Wildman–Crippen LogP) is 4.25. The van der Waals surface area contributed by atoms with E-state index < -0.39 is 23.5 Å². The van der Waals surface area contributed by atoms with Gasteiger partial charge >= 0.3 is 6.18 Å². The molecule has 0 unspecified atom stereocenters. The fourth-order valence-corrected chi connectivity index (χ4v) is 2.05. The van der Waals surface area contributed by atoms with Crippen LogP contribution in [0.2, 0.25) is 0 Å². The van der Waals surface area contributed by atoms with Gasteiger partial charge in [0.05, 0.1) is 17.3 Å². The second-order valence-corrected chi connectivity index (χ2v) is 4.86. The van der Waals surface area contributed by atoms with E-state index in [1.165, 1.54) is 12.3 Å². The maximum Gasteiger partial charge on any atom is 0.417 e. The zero-order valence-corrected chi connectivity index (χ0v) is 11.8. The van der Waals surface area contributed by atoms with Gasteiger partial charge in [-0.25, -0.2) is 4.39 Å². The highest BCUT2D eigenvalue weighted by atomic mass is 79.9. The quantitative estimate of drug-likeness (QED) is 0.811. The number of halogens is 5. The molecule has 8 heteroatoms. The highest BCUT2D eigenvalue weighted by Crippen LogP contribution is 2.36. The van der Waals surface area contributed by atoms with Gasteiger partial charge in [0, 0.05) is 16.4 Å². The molecule has 1 aromatic carbocycles. The molecule has 0 saturated carbocycles. The summed E-state index contributed by atoms with van der Waals surface area (Å²) >= 11 is 2.79. The predicted molar refractivity (Wildman–Crippen MR) is 71.3 cm³/mol. The number of aromatic nitrogens is 1.